The second-order valence-corrected chi connectivity index (χ2v) is 4.38. The van der Waals surface area contributed by atoms with Gasteiger partial charge in [-0.25, -0.2) is 4.79 Å². The molecule has 0 aromatic heterocycles. The van der Waals surface area contributed by atoms with Gasteiger partial charge < -0.3 is 15.0 Å². The zero-order chi connectivity index (χ0) is 14.8. The lowest BCUT2D eigenvalue weighted by Gasteiger charge is -2.19. The molecule has 20 heavy (non-hydrogen) atoms. The Morgan fingerprint density at radius 1 is 1.35 bits per heavy atom. The first-order valence-corrected chi connectivity index (χ1v) is 6.61. The summed E-state index contributed by atoms with van der Waals surface area (Å²) in [7, 11) is 0. The number of amides is 2. The zero-order valence-electron chi connectivity index (χ0n) is 12.0. The number of ether oxygens (including phenoxy) is 1. The summed E-state index contributed by atoms with van der Waals surface area (Å²) < 4.78 is 5.56. The highest BCUT2D eigenvalue weighted by Crippen LogP contribution is 2.11. The van der Waals surface area contributed by atoms with E-state index < -0.39 is 0 Å². The molecule has 0 unspecified atom stereocenters. The van der Waals surface area contributed by atoms with Crippen LogP contribution in [0.3, 0.4) is 0 Å². The minimum atomic E-state index is -0.141. The smallest absolute Gasteiger partial charge is 0.318 e. The van der Waals surface area contributed by atoms with Crippen molar-refractivity contribution in [3.8, 4) is 5.75 Å². The highest BCUT2D eigenvalue weighted by atomic mass is 16.5. The van der Waals surface area contributed by atoms with Crippen LogP contribution in [0.4, 0.5) is 4.79 Å². The van der Waals surface area contributed by atoms with E-state index in [4.69, 9.17) is 4.74 Å². The fraction of sp³-hybridized carbons (Fsp3) is 0.312. The van der Waals surface area contributed by atoms with Crippen molar-refractivity contribution in [3.63, 3.8) is 0 Å². The molecule has 0 fully saturated rings. The van der Waals surface area contributed by atoms with E-state index in [9.17, 15) is 4.79 Å². The molecule has 0 radical (unpaired) electrons. The summed E-state index contributed by atoms with van der Waals surface area (Å²) in [4.78, 5) is 13.5. The van der Waals surface area contributed by atoms with Crippen LogP contribution >= 0.6 is 0 Å². The minimum absolute atomic E-state index is 0.141. The van der Waals surface area contributed by atoms with Crippen molar-refractivity contribution >= 4 is 6.03 Å². The van der Waals surface area contributed by atoms with Gasteiger partial charge in [0.15, 0.2) is 0 Å². The number of aryl methyl sites for hydroxylation is 1. The third-order valence-electron chi connectivity index (χ3n) is 2.62. The molecule has 1 aromatic rings. The van der Waals surface area contributed by atoms with Crippen molar-refractivity contribution in [2.45, 2.75) is 6.92 Å². The van der Waals surface area contributed by atoms with Gasteiger partial charge in [-0.2, -0.15) is 0 Å². The molecule has 108 valence electrons. The number of benzene rings is 1. The molecule has 0 spiro atoms. The quantitative estimate of drug-likeness (QED) is 0.585. The van der Waals surface area contributed by atoms with E-state index in [2.05, 4.69) is 18.5 Å². The van der Waals surface area contributed by atoms with Gasteiger partial charge in [-0.05, 0) is 24.6 Å². The van der Waals surface area contributed by atoms with Crippen LogP contribution in [0.1, 0.15) is 5.56 Å². The van der Waals surface area contributed by atoms with Gasteiger partial charge in [0, 0.05) is 13.1 Å². The number of hydrogen-bond donors (Lipinski definition) is 1. The van der Waals surface area contributed by atoms with Crippen molar-refractivity contribution in [3.05, 3.63) is 55.1 Å². The summed E-state index contributed by atoms with van der Waals surface area (Å²) in [5, 5.41) is 2.80. The fourth-order valence-corrected chi connectivity index (χ4v) is 1.70. The van der Waals surface area contributed by atoms with E-state index in [1.165, 1.54) is 0 Å². The minimum Gasteiger partial charge on any atom is -0.492 e. The molecule has 0 saturated carbocycles. The van der Waals surface area contributed by atoms with Crippen molar-refractivity contribution in [2.24, 2.45) is 0 Å². The van der Waals surface area contributed by atoms with Gasteiger partial charge in [-0.1, -0.05) is 24.3 Å². The molecule has 0 heterocycles. The maximum atomic E-state index is 11.9. The summed E-state index contributed by atoms with van der Waals surface area (Å²) in [6.07, 6.45) is 3.37. The van der Waals surface area contributed by atoms with Gasteiger partial charge in [0.2, 0.25) is 0 Å². The molecular weight excluding hydrogens is 252 g/mol. The standard InChI is InChI=1S/C16H22N2O2/c1-4-10-18(11-5-2)16(19)17-9-12-20-15-8-6-7-14(3)13-15/h4-8,13H,1-2,9-12H2,3H3,(H,17,19). The van der Waals surface area contributed by atoms with Gasteiger partial charge in [0.25, 0.3) is 0 Å². The van der Waals surface area contributed by atoms with Crippen LogP contribution < -0.4 is 10.1 Å². The topological polar surface area (TPSA) is 41.6 Å². The van der Waals surface area contributed by atoms with E-state index >= 15 is 0 Å². The van der Waals surface area contributed by atoms with E-state index in [0.29, 0.717) is 26.2 Å². The first kappa shape index (κ1) is 15.8. The van der Waals surface area contributed by atoms with Gasteiger partial charge >= 0.3 is 6.03 Å². The average molecular weight is 274 g/mol. The molecule has 0 aliphatic rings. The normalized spacial score (nSPS) is 9.65. The SMILES string of the molecule is C=CCN(CC=C)C(=O)NCCOc1cccc(C)c1. The summed E-state index contributed by atoms with van der Waals surface area (Å²) in [6.45, 7) is 11.2. The Bertz CT molecular complexity index is 448. The second-order valence-electron chi connectivity index (χ2n) is 4.38. The first-order valence-electron chi connectivity index (χ1n) is 6.61. The number of nitrogens with zero attached hydrogens (tertiary/aromatic N) is 1. The third-order valence-corrected chi connectivity index (χ3v) is 2.62. The molecule has 0 aliphatic heterocycles. The van der Waals surface area contributed by atoms with Crippen LogP contribution in [0.15, 0.2) is 49.6 Å². The average Bonchev–Trinajstić information content (AvgIpc) is 2.43. The van der Waals surface area contributed by atoms with E-state index in [-0.39, 0.29) is 6.03 Å². The lowest BCUT2D eigenvalue weighted by Crippen LogP contribution is -2.41. The summed E-state index contributed by atoms with van der Waals surface area (Å²) in [5.74, 6) is 0.813. The Kier molecular flexibility index (Phi) is 6.96. The molecule has 0 aliphatic carbocycles. The summed E-state index contributed by atoms with van der Waals surface area (Å²) in [6, 6.07) is 7.67. The predicted molar refractivity (Wildman–Crippen MR) is 82.0 cm³/mol. The lowest BCUT2D eigenvalue weighted by molar-refractivity contribution is 0.205. The molecular formula is C16H22N2O2. The Hall–Kier alpha value is -2.23. The number of carbonyl (C=O) groups is 1. The van der Waals surface area contributed by atoms with E-state index in [1.54, 1.807) is 17.1 Å². The number of carbonyl (C=O) groups excluding carboxylic acids is 1. The van der Waals surface area contributed by atoms with Gasteiger partial charge in [0.05, 0.1) is 6.54 Å². The lowest BCUT2D eigenvalue weighted by atomic mass is 10.2. The van der Waals surface area contributed by atoms with Crippen LogP contribution in [0.25, 0.3) is 0 Å². The number of nitrogens with one attached hydrogen (secondary N) is 1. The fourth-order valence-electron chi connectivity index (χ4n) is 1.70. The molecule has 0 saturated heterocycles. The first-order chi connectivity index (χ1) is 9.67. The summed E-state index contributed by atoms with van der Waals surface area (Å²) >= 11 is 0. The summed E-state index contributed by atoms with van der Waals surface area (Å²) in [5.41, 5.74) is 1.15. The number of rotatable bonds is 8. The highest BCUT2D eigenvalue weighted by Gasteiger charge is 2.08. The van der Waals surface area contributed by atoms with Crippen molar-refractivity contribution in [2.75, 3.05) is 26.2 Å². The van der Waals surface area contributed by atoms with Crippen LogP contribution in [0.5, 0.6) is 5.75 Å². The predicted octanol–water partition coefficient (Wildman–Crippen LogP) is 2.76. The number of hydrogen-bond acceptors (Lipinski definition) is 2. The number of urea groups is 1. The van der Waals surface area contributed by atoms with E-state index in [0.717, 1.165) is 11.3 Å². The van der Waals surface area contributed by atoms with Crippen LogP contribution in [0, 0.1) is 6.92 Å². The van der Waals surface area contributed by atoms with Gasteiger partial charge in [-0.3, -0.25) is 0 Å². The Balaban J connectivity index is 2.30. The Labute approximate surface area is 120 Å². The zero-order valence-corrected chi connectivity index (χ0v) is 12.0. The van der Waals surface area contributed by atoms with Crippen molar-refractivity contribution in [1.29, 1.82) is 0 Å². The molecule has 1 aromatic carbocycles. The van der Waals surface area contributed by atoms with Crippen LogP contribution in [0.2, 0.25) is 0 Å². The molecule has 2 amide bonds. The highest BCUT2D eigenvalue weighted by molar-refractivity contribution is 5.74. The van der Waals surface area contributed by atoms with Crippen LogP contribution in [-0.4, -0.2) is 37.2 Å². The van der Waals surface area contributed by atoms with E-state index in [1.807, 2.05) is 31.2 Å². The van der Waals surface area contributed by atoms with Crippen molar-refractivity contribution < 1.29 is 9.53 Å². The van der Waals surface area contributed by atoms with Gasteiger partial charge in [0.1, 0.15) is 12.4 Å². The molecule has 4 heteroatoms. The molecule has 0 bridgehead atoms. The maximum Gasteiger partial charge on any atom is 0.318 e. The van der Waals surface area contributed by atoms with Crippen LogP contribution in [-0.2, 0) is 0 Å². The largest absolute Gasteiger partial charge is 0.492 e. The van der Waals surface area contributed by atoms with Gasteiger partial charge in [-0.15, -0.1) is 13.2 Å². The molecule has 1 rings (SSSR count). The molecule has 0 atom stereocenters. The second kappa shape index (κ2) is 8.80. The Morgan fingerprint density at radius 3 is 2.65 bits per heavy atom. The van der Waals surface area contributed by atoms with Crippen molar-refractivity contribution in [1.82, 2.24) is 10.2 Å². The molecule has 4 nitrogen and oxygen atoms in total. The monoisotopic (exact) mass is 274 g/mol. The third kappa shape index (κ3) is 5.61. The maximum absolute atomic E-state index is 11.9. The molecule has 1 N–H and O–H groups in total. The Morgan fingerprint density at radius 2 is 2.05 bits per heavy atom.